The van der Waals surface area contributed by atoms with Gasteiger partial charge in [0.1, 0.15) is 16.4 Å². The van der Waals surface area contributed by atoms with E-state index in [1.807, 2.05) is 35.7 Å². The molecule has 1 aromatic heterocycles. The lowest BCUT2D eigenvalue weighted by Crippen LogP contribution is -2.06. The average molecular weight is 370 g/mol. The minimum absolute atomic E-state index is 0.322. The summed E-state index contributed by atoms with van der Waals surface area (Å²) in [5, 5.41) is 15.7. The maximum atomic E-state index is 9.61. The minimum atomic E-state index is 0.322. The highest BCUT2D eigenvalue weighted by molar-refractivity contribution is 7.13. The molecule has 0 aliphatic heterocycles. The molecule has 0 saturated carbocycles. The quantitative estimate of drug-likeness (QED) is 0.402. The predicted molar refractivity (Wildman–Crippen MR) is 101 cm³/mol. The molecule has 0 unspecified atom stereocenters. The lowest BCUT2D eigenvalue weighted by atomic mass is 10.1. The van der Waals surface area contributed by atoms with Crippen LogP contribution in [0, 0.1) is 0 Å². The van der Waals surface area contributed by atoms with E-state index in [4.69, 9.17) is 14.2 Å². The summed E-state index contributed by atoms with van der Waals surface area (Å²) in [6.07, 6.45) is 0. The Balaban J connectivity index is 2.04. The van der Waals surface area contributed by atoms with Crippen LogP contribution in [0.1, 0.15) is 11.3 Å². The molecule has 0 bridgehead atoms. The van der Waals surface area contributed by atoms with Crippen LogP contribution in [0.5, 0.6) is 17.2 Å². The van der Waals surface area contributed by atoms with Crippen LogP contribution in [0.25, 0.3) is 10.6 Å². The van der Waals surface area contributed by atoms with E-state index in [1.165, 1.54) is 32.7 Å². The van der Waals surface area contributed by atoms with E-state index in [9.17, 15) is 5.21 Å². The minimum Gasteiger partial charge on any atom is -0.493 e. The van der Waals surface area contributed by atoms with Crippen molar-refractivity contribution in [1.29, 1.82) is 0 Å². The van der Waals surface area contributed by atoms with E-state index in [0.717, 1.165) is 10.6 Å². The number of oxime groups is 1. The summed E-state index contributed by atoms with van der Waals surface area (Å²) in [4.78, 5) is 4.60. The van der Waals surface area contributed by atoms with Crippen molar-refractivity contribution in [3.63, 3.8) is 0 Å². The van der Waals surface area contributed by atoms with Crippen molar-refractivity contribution in [3.05, 3.63) is 59.1 Å². The number of hydrogen-bond acceptors (Lipinski definition) is 7. The second-order valence-corrected chi connectivity index (χ2v) is 6.12. The molecular formula is C19H18N2O4S. The van der Waals surface area contributed by atoms with E-state index >= 15 is 0 Å². The molecule has 0 aliphatic rings. The third-order valence-corrected chi connectivity index (χ3v) is 4.70. The van der Waals surface area contributed by atoms with E-state index in [2.05, 4.69) is 10.1 Å². The highest BCUT2D eigenvalue weighted by Crippen LogP contribution is 2.39. The van der Waals surface area contributed by atoms with Gasteiger partial charge in [0.05, 0.1) is 21.3 Å². The number of nitrogens with zero attached hydrogens (tertiary/aromatic N) is 2. The molecule has 0 aliphatic carbocycles. The third kappa shape index (κ3) is 3.34. The zero-order valence-corrected chi connectivity index (χ0v) is 15.4. The Kier molecular flexibility index (Phi) is 5.38. The van der Waals surface area contributed by atoms with Crippen LogP contribution in [0.4, 0.5) is 0 Å². The molecule has 1 N–H and O–H groups in total. The normalized spacial score (nSPS) is 11.3. The lowest BCUT2D eigenvalue weighted by Gasteiger charge is -2.14. The van der Waals surface area contributed by atoms with Crippen molar-refractivity contribution in [2.45, 2.75) is 0 Å². The van der Waals surface area contributed by atoms with Gasteiger partial charge in [-0.25, -0.2) is 4.98 Å². The molecule has 6 nitrogen and oxygen atoms in total. The van der Waals surface area contributed by atoms with Gasteiger partial charge in [-0.3, -0.25) is 0 Å². The Labute approximate surface area is 155 Å². The van der Waals surface area contributed by atoms with Gasteiger partial charge in [-0.1, -0.05) is 35.5 Å². The van der Waals surface area contributed by atoms with E-state index < -0.39 is 0 Å². The van der Waals surface area contributed by atoms with Crippen molar-refractivity contribution in [2.75, 3.05) is 21.3 Å². The summed E-state index contributed by atoms with van der Waals surface area (Å²) in [6, 6.07) is 13.3. The van der Waals surface area contributed by atoms with Gasteiger partial charge in [-0.15, -0.1) is 11.3 Å². The smallest absolute Gasteiger partial charge is 0.203 e. The van der Waals surface area contributed by atoms with Gasteiger partial charge in [0.15, 0.2) is 11.5 Å². The SMILES string of the molecule is COc1cc(/C(=N/O)c2csc(-c3ccccc3)n2)cc(OC)c1OC. The van der Waals surface area contributed by atoms with Gasteiger partial charge in [0.25, 0.3) is 0 Å². The Morgan fingerprint density at radius 3 is 2.19 bits per heavy atom. The predicted octanol–water partition coefficient (Wildman–Crippen LogP) is 4.06. The molecule has 2 aromatic carbocycles. The Morgan fingerprint density at radius 1 is 1.00 bits per heavy atom. The zero-order valence-electron chi connectivity index (χ0n) is 14.6. The van der Waals surface area contributed by atoms with Gasteiger partial charge in [0, 0.05) is 16.5 Å². The fourth-order valence-electron chi connectivity index (χ4n) is 2.57. The summed E-state index contributed by atoms with van der Waals surface area (Å²) < 4.78 is 16.1. The van der Waals surface area contributed by atoms with Crippen molar-refractivity contribution >= 4 is 17.0 Å². The molecule has 1 heterocycles. The summed E-state index contributed by atoms with van der Waals surface area (Å²) in [5.74, 6) is 1.42. The Morgan fingerprint density at radius 2 is 1.65 bits per heavy atom. The molecule has 3 rings (SSSR count). The number of hydrogen-bond donors (Lipinski definition) is 1. The van der Waals surface area contributed by atoms with E-state index in [1.54, 1.807) is 12.1 Å². The van der Waals surface area contributed by atoms with Crippen LogP contribution in [0.2, 0.25) is 0 Å². The van der Waals surface area contributed by atoms with Gasteiger partial charge in [-0.2, -0.15) is 0 Å². The first-order chi connectivity index (χ1) is 12.7. The fourth-order valence-corrected chi connectivity index (χ4v) is 3.38. The molecule has 0 atom stereocenters. The van der Waals surface area contributed by atoms with Crippen molar-refractivity contribution < 1.29 is 19.4 Å². The summed E-state index contributed by atoms with van der Waals surface area (Å²) >= 11 is 1.48. The molecule has 0 radical (unpaired) electrons. The van der Waals surface area contributed by atoms with Gasteiger partial charge < -0.3 is 19.4 Å². The lowest BCUT2D eigenvalue weighted by molar-refractivity contribution is 0.318. The Bertz CT molecular complexity index is 897. The molecule has 7 heteroatoms. The first-order valence-corrected chi connectivity index (χ1v) is 8.63. The molecule has 26 heavy (non-hydrogen) atoms. The Hall–Kier alpha value is -3.06. The van der Waals surface area contributed by atoms with Crippen LogP contribution in [-0.4, -0.2) is 37.2 Å². The van der Waals surface area contributed by atoms with Crippen LogP contribution in [0.15, 0.2) is 53.0 Å². The maximum Gasteiger partial charge on any atom is 0.203 e. The number of ether oxygens (including phenoxy) is 3. The molecule has 0 spiro atoms. The highest BCUT2D eigenvalue weighted by atomic mass is 32.1. The molecule has 0 saturated heterocycles. The summed E-state index contributed by atoms with van der Waals surface area (Å²) in [7, 11) is 4.61. The average Bonchev–Trinajstić information content (AvgIpc) is 3.18. The zero-order chi connectivity index (χ0) is 18.5. The van der Waals surface area contributed by atoms with Crippen LogP contribution in [-0.2, 0) is 0 Å². The number of rotatable bonds is 6. The van der Waals surface area contributed by atoms with Crippen molar-refractivity contribution in [1.82, 2.24) is 4.98 Å². The summed E-state index contributed by atoms with van der Waals surface area (Å²) in [6.45, 7) is 0. The van der Waals surface area contributed by atoms with Gasteiger partial charge in [0.2, 0.25) is 5.75 Å². The molecule has 134 valence electrons. The van der Waals surface area contributed by atoms with Crippen LogP contribution < -0.4 is 14.2 Å². The van der Waals surface area contributed by atoms with Crippen molar-refractivity contribution in [3.8, 4) is 27.8 Å². The topological polar surface area (TPSA) is 73.2 Å². The second-order valence-electron chi connectivity index (χ2n) is 5.27. The van der Waals surface area contributed by atoms with Crippen molar-refractivity contribution in [2.24, 2.45) is 5.16 Å². The number of methoxy groups -OCH3 is 3. The number of aromatic nitrogens is 1. The number of thiazole rings is 1. The maximum absolute atomic E-state index is 9.61. The number of benzene rings is 2. The van der Waals surface area contributed by atoms with Gasteiger partial charge in [-0.05, 0) is 12.1 Å². The monoisotopic (exact) mass is 370 g/mol. The molecular weight excluding hydrogens is 352 g/mol. The molecule has 3 aromatic rings. The third-order valence-electron chi connectivity index (χ3n) is 3.81. The molecule has 0 fully saturated rings. The van der Waals surface area contributed by atoms with E-state index in [0.29, 0.717) is 34.2 Å². The van der Waals surface area contributed by atoms with Crippen LogP contribution >= 0.6 is 11.3 Å². The highest BCUT2D eigenvalue weighted by Gasteiger charge is 2.19. The standard InChI is InChI=1S/C19H18N2O4S/c1-23-15-9-13(10-16(24-2)18(15)25-3)17(21-22)14-11-26-19(20-14)12-7-5-4-6-8-12/h4-11,22H,1-3H3/b21-17-. The first kappa shape index (κ1) is 17.8. The van der Waals surface area contributed by atoms with Gasteiger partial charge >= 0.3 is 0 Å². The first-order valence-electron chi connectivity index (χ1n) is 7.75. The fraction of sp³-hybridized carbons (Fsp3) is 0.158. The van der Waals surface area contributed by atoms with Crippen LogP contribution in [0.3, 0.4) is 0 Å². The summed E-state index contributed by atoms with van der Waals surface area (Å²) in [5.41, 5.74) is 2.49. The van der Waals surface area contributed by atoms with E-state index in [-0.39, 0.29) is 0 Å². The second kappa shape index (κ2) is 7.88. The largest absolute Gasteiger partial charge is 0.493 e. The molecule has 0 amide bonds.